The van der Waals surface area contributed by atoms with E-state index in [9.17, 15) is 0 Å². The maximum absolute atomic E-state index is 8.68. The Morgan fingerprint density at radius 3 is 2.84 bits per heavy atom. The Balaban J connectivity index is 1.78. The molecule has 0 aromatic carbocycles. The predicted molar refractivity (Wildman–Crippen MR) is 65.1 cm³/mol. The second-order valence-corrected chi connectivity index (χ2v) is 4.42. The summed E-state index contributed by atoms with van der Waals surface area (Å²) in [5.41, 5.74) is 0.506. The van der Waals surface area contributed by atoms with E-state index in [1.54, 1.807) is 24.3 Å². The van der Waals surface area contributed by atoms with Crippen molar-refractivity contribution in [3.05, 3.63) is 42.3 Å². The van der Waals surface area contributed by atoms with Gasteiger partial charge in [-0.25, -0.2) is 4.98 Å². The highest BCUT2D eigenvalue weighted by molar-refractivity contribution is 7.99. The minimum Gasteiger partial charge on any atom is -0.459 e. The van der Waals surface area contributed by atoms with Gasteiger partial charge in [0, 0.05) is 6.20 Å². The first-order valence-electron chi connectivity index (χ1n) is 5.26. The predicted octanol–water partition coefficient (Wildman–Crippen LogP) is 2.75. The van der Waals surface area contributed by atoms with Crippen LogP contribution < -0.4 is 0 Å². The molecule has 0 radical (unpaired) electrons. The number of nitrogens with zero attached hydrogens (tertiary/aromatic N) is 4. The molecule has 3 aromatic rings. The molecule has 0 aliphatic rings. The van der Waals surface area contributed by atoms with Gasteiger partial charge in [-0.1, -0.05) is 0 Å². The largest absolute Gasteiger partial charge is 0.459 e. The minimum atomic E-state index is 0.321. The molecule has 3 heterocycles. The van der Waals surface area contributed by atoms with Crippen LogP contribution >= 0.6 is 11.8 Å². The summed E-state index contributed by atoms with van der Waals surface area (Å²) in [7, 11) is 0. The zero-order valence-electron chi connectivity index (χ0n) is 9.48. The van der Waals surface area contributed by atoms with E-state index in [2.05, 4.69) is 15.2 Å². The zero-order chi connectivity index (χ0) is 13.1. The van der Waals surface area contributed by atoms with Crippen molar-refractivity contribution in [1.29, 1.82) is 5.26 Å². The fourth-order valence-corrected chi connectivity index (χ4v) is 1.97. The molecule has 0 fully saturated rings. The van der Waals surface area contributed by atoms with Crippen LogP contribution in [0.2, 0.25) is 0 Å². The van der Waals surface area contributed by atoms with E-state index in [1.165, 1.54) is 24.2 Å². The van der Waals surface area contributed by atoms with Gasteiger partial charge in [-0.15, -0.1) is 10.2 Å². The first-order valence-corrected chi connectivity index (χ1v) is 6.08. The number of hydrogen-bond donors (Lipinski definition) is 0. The standard InChI is InChI=1S/C12H6N4O2S/c13-6-8-3-4-10(14-7-8)19-12-16-15-11(18-12)9-2-1-5-17-9/h1-5,7H. The molecule has 0 spiro atoms. The van der Waals surface area contributed by atoms with Gasteiger partial charge in [0.15, 0.2) is 5.76 Å². The topological polar surface area (TPSA) is 88.7 Å². The summed E-state index contributed by atoms with van der Waals surface area (Å²) < 4.78 is 10.6. The molecule has 6 nitrogen and oxygen atoms in total. The second kappa shape index (κ2) is 4.96. The summed E-state index contributed by atoms with van der Waals surface area (Å²) >= 11 is 1.22. The first-order chi connectivity index (χ1) is 9.35. The number of furan rings is 1. The molecule has 7 heteroatoms. The average molecular weight is 270 g/mol. The third kappa shape index (κ3) is 2.48. The fraction of sp³-hybridized carbons (Fsp3) is 0. The summed E-state index contributed by atoms with van der Waals surface area (Å²) in [6.07, 6.45) is 3.03. The van der Waals surface area contributed by atoms with Gasteiger partial charge in [-0.3, -0.25) is 0 Å². The molecule has 3 rings (SSSR count). The van der Waals surface area contributed by atoms with Crippen LogP contribution in [0.4, 0.5) is 0 Å². The smallest absolute Gasteiger partial charge is 0.284 e. The van der Waals surface area contributed by atoms with Crippen LogP contribution in [0.3, 0.4) is 0 Å². The monoisotopic (exact) mass is 270 g/mol. The molecule has 0 bridgehead atoms. The summed E-state index contributed by atoms with van der Waals surface area (Å²) in [6.45, 7) is 0. The van der Waals surface area contributed by atoms with Gasteiger partial charge in [0.05, 0.1) is 11.8 Å². The van der Waals surface area contributed by atoms with E-state index in [1.807, 2.05) is 6.07 Å². The molecule has 92 valence electrons. The first kappa shape index (κ1) is 11.5. The van der Waals surface area contributed by atoms with Crippen LogP contribution in [0, 0.1) is 11.3 Å². The number of pyridine rings is 1. The molecule has 19 heavy (non-hydrogen) atoms. The van der Waals surface area contributed by atoms with Crippen LogP contribution in [0.15, 0.2) is 55.8 Å². The van der Waals surface area contributed by atoms with Crippen molar-refractivity contribution in [2.75, 3.05) is 0 Å². The SMILES string of the molecule is N#Cc1ccc(Sc2nnc(-c3ccco3)o2)nc1. The van der Waals surface area contributed by atoms with Crippen molar-refractivity contribution in [2.45, 2.75) is 10.2 Å². The molecule has 0 N–H and O–H groups in total. The van der Waals surface area contributed by atoms with E-state index in [0.29, 0.717) is 27.5 Å². The fourth-order valence-electron chi connectivity index (χ4n) is 1.35. The highest BCUT2D eigenvalue weighted by Crippen LogP contribution is 2.27. The van der Waals surface area contributed by atoms with E-state index < -0.39 is 0 Å². The number of rotatable bonds is 3. The van der Waals surface area contributed by atoms with Crippen molar-refractivity contribution in [3.8, 4) is 17.7 Å². The second-order valence-electron chi connectivity index (χ2n) is 3.45. The molecule has 0 saturated carbocycles. The quantitative estimate of drug-likeness (QED) is 0.722. The third-order valence-corrected chi connectivity index (χ3v) is 2.99. The minimum absolute atomic E-state index is 0.321. The molecule has 0 saturated heterocycles. The van der Waals surface area contributed by atoms with Crippen LogP contribution in [-0.4, -0.2) is 15.2 Å². The van der Waals surface area contributed by atoms with Crippen molar-refractivity contribution >= 4 is 11.8 Å². The molecule has 0 atom stereocenters. The van der Waals surface area contributed by atoms with Gasteiger partial charge in [0.25, 0.3) is 11.1 Å². The maximum atomic E-state index is 8.68. The Kier molecular flexibility index (Phi) is 3.00. The Labute approximate surface area is 112 Å². The molecule has 0 unspecified atom stereocenters. The van der Waals surface area contributed by atoms with Gasteiger partial charge in [0.2, 0.25) is 0 Å². The Morgan fingerprint density at radius 2 is 2.16 bits per heavy atom. The third-order valence-electron chi connectivity index (χ3n) is 2.20. The Morgan fingerprint density at radius 1 is 1.21 bits per heavy atom. The van der Waals surface area contributed by atoms with E-state index >= 15 is 0 Å². The summed E-state index contributed by atoms with van der Waals surface area (Å²) in [5.74, 6) is 0.841. The molecule has 0 amide bonds. The van der Waals surface area contributed by atoms with Crippen molar-refractivity contribution in [2.24, 2.45) is 0 Å². The lowest BCUT2D eigenvalue weighted by molar-refractivity contribution is 0.447. The average Bonchev–Trinajstić information content (AvgIpc) is 3.10. The maximum Gasteiger partial charge on any atom is 0.284 e. The van der Waals surface area contributed by atoms with Crippen LogP contribution in [0.25, 0.3) is 11.7 Å². The lowest BCUT2D eigenvalue weighted by Crippen LogP contribution is -1.81. The van der Waals surface area contributed by atoms with Crippen molar-refractivity contribution in [3.63, 3.8) is 0 Å². The molecular weight excluding hydrogens is 264 g/mol. The van der Waals surface area contributed by atoms with Gasteiger partial charge < -0.3 is 8.83 Å². The number of nitriles is 1. The van der Waals surface area contributed by atoms with Crippen LogP contribution in [-0.2, 0) is 0 Å². The molecular formula is C12H6N4O2S. The number of hydrogen-bond acceptors (Lipinski definition) is 7. The summed E-state index contributed by atoms with van der Waals surface area (Å²) in [5, 5.41) is 17.5. The summed E-state index contributed by atoms with van der Waals surface area (Å²) in [6, 6.07) is 8.89. The number of aromatic nitrogens is 3. The van der Waals surface area contributed by atoms with Crippen molar-refractivity contribution < 1.29 is 8.83 Å². The van der Waals surface area contributed by atoms with Crippen LogP contribution in [0.1, 0.15) is 5.56 Å². The van der Waals surface area contributed by atoms with Crippen LogP contribution in [0.5, 0.6) is 0 Å². The van der Waals surface area contributed by atoms with Crippen molar-refractivity contribution in [1.82, 2.24) is 15.2 Å². The summed E-state index contributed by atoms with van der Waals surface area (Å²) in [4.78, 5) is 4.11. The van der Waals surface area contributed by atoms with E-state index in [0.717, 1.165) is 0 Å². The van der Waals surface area contributed by atoms with Gasteiger partial charge in [-0.05, 0) is 36.0 Å². The molecule has 0 aliphatic heterocycles. The lowest BCUT2D eigenvalue weighted by atomic mass is 10.3. The highest BCUT2D eigenvalue weighted by atomic mass is 32.2. The van der Waals surface area contributed by atoms with Gasteiger partial charge >= 0.3 is 0 Å². The molecule has 0 aliphatic carbocycles. The zero-order valence-corrected chi connectivity index (χ0v) is 10.3. The lowest BCUT2D eigenvalue weighted by Gasteiger charge is -1.94. The van der Waals surface area contributed by atoms with E-state index in [4.69, 9.17) is 14.1 Å². The van der Waals surface area contributed by atoms with Gasteiger partial charge in [0.1, 0.15) is 11.1 Å². The molecule has 3 aromatic heterocycles. The highest BCUT2D eigenvalue weighted by Gasteiger charge is 2.12. The normalized spacial score (nSPS) is 10.3. The Hall–Kier alpha value is -2.59. The Bertz CT molecular complexity index is 713. The van der Waals surface area contributed by atoms with Gasteiger partial charge in [-0.2, -0.15) is 5.26 Å². The van der Waals surface area contributed by atoms with E-state index in [-0.39, 0.29) is 0 Å².